The average Bonchev–Trinajstić information content (AvgIpc) is 3.00. The second kappa shape index (κ2) is 6.72. The molecule has 0 aliphatic carbocycles. The summed E-state index contributed by atoms with van der Waals surface area (Å²) in [4.78, 5) is 7.11. The lowest BCUT2D eigenvalue weighted by atomic mass is 10.0. The molecular formula is C17H19N3O3S. The molecule has 126 valence electrons. The van der Waals surface area contributed by atoms with Crippen LogP contribution in [0.2, 0.25) is 0 Å². The number of H-pyrrole nitrogens is 1. The third-order valence-electron chi connectivity index (χ3n) is 3.82. The molecule has 6 nitrogen and oxygen atoms in total. The number of hydrogen-bond donors (Lipinski definition) is 3. The molecule has 3 N–H and O–H groups in total. The first-order valence-electron chi connectivity index (χ1n) is 7.65. The molecule has 7 heteroatoms. The van der Waals surface area contributed by atoms with E-state index in [9.17, 15) is 13.5 Å². The van der Waals surface area contributed by atoms with Crippen molar-refractivity contribution in [2.24, 2.45) is 0 Å². The Kier molecular flexibility index (Phi) is 4.66. The van der Waals surface area contributed by atoms with Gasteiger partial charge in [-0.3, -0.25) is 0 Å². The number of hydrogen-bond acceptors (Lipinski definition) is 4. The molecular weight excluding hydrogens is 326 g/mol. The van der Waals surface area contributed by atoms with Crippen molar-refractivity contribution in [3.63, 3.8) is 0 Å². The number of aliphatic hydroxyl groups excluding tert-OH is 1. The van der Waals surface area contributed by atoms with E-state index in [1.807, 2.05) is 30.3 Å². The van der Waals surface area contributed by atoms with Gasteiger partial charge in [0.15, 0.2) is 0 Å². The summed E-state index contributed by atoms with van der Waals surface area (Å²) in [6.45, 7) is 1.73. The highest BCUT2D eigenvalue weighted by molar-refractivity contribution is 7.89. The predicted octanol–water partition coefficient (Wildman–Crippen LogP) is 2.35. The standard InChI is InChI=1S/C17H19N3O3S/c1-12(10-15(21)13-6-3-2-4-7-13)20-24(22,23)16-11-19-17-14(16)8-5-9-18-17/h2-9,11-12,15,20-21H,10H2,1H3,(H,18,19). The Morgan fingerprint density at radius 2 is 1.96 bits per heavy atom. The minimum absolute atomic E-state index is 0.159. The molecule has 0 amide bonds. The van der Waals surface area contributed by atoms with Gasteiger partial charge in [0.25, 0.3) is 0 Å². The second-order valence-electron chi connectivity index (χ2n) is 5.74. The van der Waals surface area contributed by atoms with Crippen LogP contribution in [0.1, 0.15) is 25.0 Å². The Morgan fingerprint density at radius 3 is 2.71 bits per heavy atom. The van der Waals surface area contributed by atoms with Crippen molar-refractivity contribution in [2.45, 2.75) is 30.4 Å². The van der Waals surface area contributed by atoms with Gasteiger partial charge < -0.3 is 10.1 Å². The number of nitrogens with zero attached hydrogens (tertiary/aromatic N) is 1. The molecule has 0 saturated heterocycles. The number of rotatable bonds is 6. The first-order chi connectivity index (χ1) is 11.5. The molecule has 3 rings (SSSR count). The summed E-state index contributed by atoms with van der Waals surface area (Å²) in [6, 6.07) is 12.2. The van der Waals surface area contributed by atoms with Crippen LogP contribution in [-0.2, 0) is 10.0 Å². The largest absolute Gasteiger partial charge is 0.388 e. The molecule has 0 saturated carbocycles. The van der Waals surface area contributed by atoms with Crippen LogP contribution in [0.3, 0.4) is 0 Å². The smallest absolute Gasteiger partial charge is 0.242 e. The summed E-state index contributed by atoms with van der Waals surface area (Å²) >= 11 is 0. The van der Waals surface area contributed by atoms with Crippen molar-refractivity contribution in [1.29, 1.82) is 0 Å². The molecule has 0 bridgehead atoms. The molecule has 2 atom stereocenters. The number of sulfonamides is 1. The maximum Gasteiger partial charge on any atom is 0.242 e. The van der Waals surface area contributed by atoms with Crippen LogP contribution < -0.4 is 4.72 Å². The van der Waals surface area contributed by atoms with Gasteiger partial charge in [-0.05, 0) is 31.0 Å². The lowest BCUT2D eigenvalue weighted by Crippen LogP contribution is -2.33. The first kappa shape index (κ1) is 16.6. The van der Waals surface area contributed by atoms with Crippen LogP contribution in [0.15, 0.2) is 59.8 Å². The summed E-state index contributed by atoms with van der Waals surface area (Å²) in [5.41, 5.74) is 1.29. The molecule has 3 aromatic rings. The van der Waals surface area contributed by atoms with E-state index in [-0.39, 0.29) is 11.3 Å². The van der Waals surface area contributed by atoms with E-state index in [0.717, 1.165) is 5.56 Å². The van der Waals surface area contributed by atoms with E-state index in [1.54, 1.807) is 25.3 Å². The highest BCUT2D eigenvalue weighted by Gasteiger charge is 2.23. The second-order valence-corrected chi connectivity index (χ2v) is 7.42. The Labute approximate surface area is 140 Å². The fourth-order valence-corrected chi connectivity index (χ4v) is 4.10. The van der Waals surface area contributed by atoms with Crippen LogP contribution in [0.4, 0.5) is 0 Å². The molecule has 2 aromatic heterocycles. The number of aromatic nitrogens is 2. The highest BCUT2D eigenvalue weighted by Crippen LogP contribution is 2.22. The van der Waals surface area contributed by atoms with Crippen molar-refractivity contribution in [3.8, 4) is 0 Å². The Balaban J connectivity index is 1.74. The first-order valence-corrected chi connectivity index (χ1v) is 9.13. The van der Waals surface area contributed by atoms with Crippen LogP contribution in [-0.4, -0.2) is 29.5 Å². The van der Waals surface area contributed by atoms with Crippen LogP contribution in [0.25, 0.3) is 11.0 Å². The number of fused-ring (bicyclic) bond motifs is 1. The Bertz CT molecular complexity index is 922. The molecule has 0 aliphatic heterocycles. The van der Waals surface area contributed by atoms with E-state index in [1.165, 1.54) is 6.20 Å². The Hall–Kier alpha value is -2.22. The number of nitrogens with one attached hydrogen (secondary N) is 2. The number of aromatic amines is 1. The van der Waals surface area contributed by atoms with Gasteiger partial charge >= 0.3 is 0 Å². The molecule has 2 heterocycles. The van der Waals surface area contributed by atoms with Gasteiger partial charge in [-0.2, -0.15) is 0 Å². The zero-order chi connectivity index (χ0) is 17.2. The average molecular weight is 345 g/mol. The molecule has 1 aromatic carbocycles. The van der Waals surface area contributed by atoms with Crippen molar-refractivity contribution in [2.75, 3.05) is 0 Å². The minimum Gasteiger partial charge on any atom is -0.388 e. The van der Waals surface area contributed by atoms with Crippen molar-refractivity contribution in [1.82, 2.24) is 14.7 Å². The monoisotopic (exact) mass is 345 g/mol. The molecule has 24 heavy (non-hydrogen) atoms. The van der Waals surface area contributed by atoms with Crippen LogP contribution in [0.5, 0.6) is 0 Å². The normalized spacial score (nSPS) is 14.6. The van der Waals surface area contributed by atoms with Gasteiger partial charge in [-0.25, -0.2) is 18.1 Å². The molecule has 0 radical (unpaired) electrons. The predicted molar refractivity (Wildman–Crippen MR) is 91.9 cm³/mol. The Morgan fingerprint density at radius 1 is 1.21 bits per heavy atom. The number of pyridine rings is 1. The highest BCUT2D eigenvalue weighted by atomic mass is 32.2. The summed E-state index contributed by atoms with van der Waals surface area (Å²) < 4.78 is 27.8. The SMILES string of the molecule is CC(CC(O)c1ccccc1)NS(=O)(=O)c1c[nH]c2ncccc12. The molecule has 0 aliphatic rings. The fraction of sp³-hybridized carbons (Fsp3) is 0.235. The number of benzene rings is 1. The minimum atomic E-state index is -3.70. The maximum absolute atomic E-state index is 12.6. The van der Waals surface area contributed by atoms with Gasteiger partial charge in [-0.15, -0.1) is 0 Å². The van der Waals surface area contributed by atoms with Gasteiger partial charge in [-0.1, -0.05) is 30.3 Å². The third-order valence-corrected chi connectivity index (χ3v) is 5.45. The van der Waals surface area contributed by atoms with Gasteiger partial charge in [0.05, 0.1) is 6.10 Å². The summed E-state index contributed by atoms with van der Waals surface area (Å²) in [6.07, 6.45) is 2.58. The van der Waals surface area contributed by atoms with Gasteiger partial charge in [0.2, 0.25) is 10.0 Å². The summed E-state index contributed by atoms with van der Waals surface area (Å²) in [5, 5.41) is 10.8. The third kappa shape index (κ3) is 3.48. The zero-order valence-corrected chi connectivity index (χ0v) is 14.0. The number of aliphatic hydroxyl groups is 1. The molecule has 0 spiro atoms. The van der Waals surface area contributed by atoms with Gasteiger partial charge in [0.1, 0.15) is 10.5 Å². The van der Waals surface area contributed by atoms with E-state index < -0.39 is 22.2 Å². The van der Waals surface area contributed by atoms with Crippen LogP contribution >= 0.6 is 0 Å². The topological polar surface area (TPSA) is 95.1 Å². The van der Waals surface area contributed by atoms with Gasteiger partial charge in [0, 0.05) is 23.8 Å². The summed E-state index contributed by atoms with van der Waals surface area (Å²) in [7, 11) is -3.70. The molecule has 0 fully saturated rings. The lowest BCUT2D eigenvalue weighted by molar-refractivity contribution is 0.158. The fourth-order valence-electron chi connectivity index (χ4n) is 2.68. The summed E-state index contributed by atoms with van der Waals surface area (Å²) in [5.74, 6) is 0. The maximum atomic E-state index is 12.6. The van der Waals surface area contributed by atoms with Crippen molar-refractivity contribution < 1.29 is 13.5 Å². The van der Waals surface area contributed by atoms with Crippen LogP contribution in [0, 0.1) is 0 Å². The zero-order valence-electron chi connectivity index (χ0n) is 13.2. The van der Waals surface area contributed by atoms with E-state index in [0.29, 0.717) is 11.0 Å². The van der Waals surface area contributed by atoms with Crippen molar-refractivity contribution >= 4 is 21.1 Å². The van der Waals surface area contributed by atoms with Crippen molar-refractivity contribution in [3.05, 3.63) is 60.4 Å². The molecule has 2 unspecified atom stereocenters. The van der Waals surface area contributed by atoms with E-state index in [2.05, 4.69) is 14.7 Å². The lowest BCUT2D eigenvalue weighted by Gasteiger charge is -2.18. The quantitative estimate of drug-likeness (QED) is 0.639. The van der Waals surface area contributed by atoms with E-state index in [4.69, 9.17) is 0 Å². The van der Waals surface area contributed by atoms with E-state index >= 15 is 0 Å².